The highest BCUT2D eigenvalue weighted by molar-refractivity contribution is 7.89. The van der Waals surface area contributed by atoms with E-state index < -0.39 is 16.1 Å². The molecule has 4 aromatic rings. The van der Waals surface area contributed by atoms with Gasteiger partial charge in [0.25, 0.3) is 0 Å². The molecular weight excluding hydrogens is 506 g/mol. The van der Waals surface area contributed by atoms with Gasteiger partial charge in [-0.1, -0.05) is 48.0 Å². The van der Waals surface area contributed by atoms with Crippen LogP contribution in [0.25, 0.3) is 16.5 Å². The molecule has 0 amide bonds. The van der Waals surface area contributed by atoms with Gasteiger partial charge in [-0.2, -0.15) is 4.31 Å². The van der Waals surface area contributed by atoms with E-state index in [0.29, 0.717) is 37.5 Å². The smallest absolute Gasteiger partial charge is 0.243 e. The number of nitrogens with zero attached hydrogens (tertiary/aromatic N) is 2. The highest BCUT2D eigenvalue weighted by Crippen LogP contribution is 2.35. The van der Waals surface area contributed by atoms with Gasteiger partial charge in [-0.3, -0.25) is 0 Å². The zero-order chi connectivity index (χ0) is 27.7. The summed E-state index contributed by atoms with van der Waals surface area (Å²) >= 11 is 0. The predicted octanol–water partition coefficient (Wildman–Crippen LogP) is 5.83. The summed E-state index contributed by atoms with van der Waals surface area (Å²) < 4.78 is 30.2. The predicted molar refractivity (Wildman–Crippen MR) is 160 cm³/mol. The van der Waals surface area contributed by atoms with Crippen LogP contribution in [0, 0.1) is 27.7 Å². The first-order chi connectivity index (χ1) is 18.6. The molecule has 1 atom stereocenters. The Morgan fingerprint density at radius 2 is 1.62 bits per heavy atom. The number of aliphatic hydroxyl groups is 1. The summed E-state index contributed by atoms with van der Waals surface area (Å²) in [6, 6.07) is 21.6. The maximum Gasteiger partial charge on any atom is 0.243 e. The number of sulfonamides is 1. The van der Waals surface area contributed by atoms with E-state index in [2.05, 4.69) is 61.0 Å². The van der Waals surface area contributed by atoms with Crippen molar-refractivity contribution >= 4 is 32.2 Å². The van der Waals surface area contributed by atoms with Crippen LogP contribution in [0.2, 0.25) is 0 Å². The van der Waals surface area contributed by atoms with Crippen molar-refractivity contribution in [2.24, 2.45) is 0 Å². The van der Waals surface area contributed by atoms with E-state index in [4.69, 9.17) is 0 Å². The van der Waals surface area contributed by atoms with E-state index in [1.54, 1.807) is 16.4 Å². The minimum atomic E-state index is -3.54. The molecule has 1 aliphatic heterocycles. The minimum absolute atomic E-state index is 0.334. The van der Waals surface area contributed by atoms with Crippen LogP contribution in [-0.4, -0.2) is 48.1 Å². The van der Waals surface area contributed by atoms with Crippen LogP contribution in [0.5, 0.6) is 0 Å². The number of anilines is 1. The minimum Gasteiger partial charge on any atom is -0.389 e. The first kappa shape index (κ1) is 27.2. The molecule has 5 rings (SSSR count). The Hall–Kier alpha value is -3.39. The second-order valence-electron chi connectivity index (χ2n) is 10.7. The van der Waals surface area contributed by atoms with E-state index in [9.17, 15) is 13.5 Å². The molecule has 7 heteroatoms. The molecule has 0 saturated heterocycles. The number of benzene rings is 3. The Labute approximate surface area is 231 Å². The molecule has 1 aliphatic rings. The Morgan fingerprint density at radius 1 is 0.923 bits per heavy atom. The molecule has 0 spiro atoms. The van der Waals surface area contributed by atoms with Gasteiger partial charge in [-0.15, -0.1) is 0 Å². The van der Waals surface area contributed by atoms with Crippen LogP contribution < -0.4 is 5.32 Å². The van der Waals surface area contributed by atoms with Crippen LogP contribution in [0.4, 0.5) is 5.69 Å². The fraction of sp³-hybridized carbons (Fsp3) is 0.312. The summed E-state index contributed by atoms with van der Waals surface area (Å²) in [6.07, 6.45) is 2.10. The third-order valence-corrected chi connectivity index (χ3v) is 9.42. The van der Waals surface area contributed by atoms with Crippen molar-refractivity contribution < 1.29 is 13.5 Å². The summed E-state index contributed by atoms with van der Waals surface area (Å²) in [6.45, 7) is 9.87. The zero-order valence-electron chi connectivity index (χ0n) is 23.1. The number of fused-ring (bicyclic) bond motifs is 1. The Balaban J connectivity index is 1.37. The van der Waals surface area contributed by atoms with E-state index in [1.165, 1.54) is 11.1 Å². The number of hydrogen-bond donors (Lipinski definition) is 2. The highest BCUT2D eigenvalue weighted by atomic mass is 32.2. The van der Waals surface area contributed by atoms with Gasteiger partial charge in [0.2, 0.25) is 10.0 Å². The fourth-order valence-corrected chi connectivity index (χ4v) is 7.00. The molecule has 2 N–H and O–H groups in total. The topological polar surface area (TPSA) is 74.6 Å². The molecule has 1 aromatic heterocycles. The van der Waals surface area contributed by atoms with Crippen molar-refractivity contribution in [2.45, 2.75) is 51.7 Å². The van der Waals surface area contributed by atoms with Gasteiger partial charge in [0, 0.05) is 47.5 Å². The lowest BCUT2D eigenvalue weighted by Gasteiger charge is -2.26. The number of nitrogens with one attached hydrogen (secondary N) is 1. The van der Waals surface area contributed by atoms with Crippen LogP contribution in [-0.2, 0) is 16.6 Å². The Kier molecular flexibility index (Phi) is 7.67. The van der Waals surface area contributed by atoms with Crippen molar-refractivity contribution in [3.63, 3.8) is 0 Å². The lowest BCUT2D eigenvalue weighted by atomic mass is 9.97. The Bertz CT molecular complexity index is 1620. The van der Waals surface area contributed by atoms with Crippen molar-refractivity contribution in [1.29, 1.82) is 0 Å². The lowest BCUT2D eigenvalue weighted by Crippen LogP contribution is -2.34. The largest absolute Gasteiger partial charge is 0.389 e. The molecule has 1 unspecified atom stereocenters. The van der Waals surface area contributed by atoms with Crippen LogP contribution in [0.15, 0.2) is 77.7 Å². The first-order valence-corrected chi connectivity index (χ1v) is 14.9. The number of aliphatic hydroxyl groups excluding tert-OH is 1. The summed E-state index contributed by atoms with van der Waals surface area (Å²) in [5.41, 5.74) is 8.89. The van der Waals surface area contributed by atoms with Crippen molar-refractivity contribution in [3.8, 4) is 0 Å². The van der Waals surface area contributed by atoms with Crippen LogP contribution >= 0.6 is 0 Å². The Morgan fingerprint density at radius 3 is 2.28 bits per heavy atom. The fourth-order valence-electron chi connectivity index (χ4n) is 5.61. The van der Waals surface area contributed by atoms with Crippen molar-refractivity contribution in [2.75, 3.05) is 25.0 Å². The second kappa shape index (κ2) is 11.0. The summed E-state index contributed by atoms with van der Waals surface area (Å²) in [5, 5.41) is 15.5. The highest BCUT2D eigenvalue weighted by Gasteiger charge is 2.28. The van der Waals surface area contributed by atoms with E-state index >= 15 is 0 Å². The van der Waals surface area contributed by atoms with Crippen LogP contribution in [0.3, 0.4) is 0 Å². The molecule has 204 valence electrons. The van der Waals surface area contributed by atoms with E-state index in [0.717, 1.165) is 39.0 Å². The molecule has 6 nitrogen and oxygen atoms in total. The third kappa shape index (κ3) is 5.66. The molecule has 3 aromatic carbocycles. The molecule has 0 bridgehead atoms. The monoisotopic (exact) mass is 543 g/mol. The normalized spacial score (nSPS) is 15.4. The zero-order valence-corrected chi connectivity index (χ0v) is 23.9. The van der Waals surface area contributed by atoms with Crippen LogP contribution in [0.1, 0.15) is 34.4 Å². The third-order valence-electron chi connectivity index (χ3n) is 7.54. The number of para-hydroxylation sites is 1. The number of hydrogen-bond acceptors (Lipinski definition) is 4. The van der Waals surface area contributed by atoms with Gasteiger partial charge < -0.3 is 15.0 Å². The van der Waals surface area contributed by atoms with Gasteiger partial charge >= 0.3 is 0 Å². The van der Waals surface area contributed by atoms with E-state index in [1.807, 2.05) is 37.3 Å². The maximum absolute atomic E-state index is 13.2. The summed E-state index contributed by atoms with van der Waals surface area (Å²) in [5.74, 6) is 0. The molecule has 2 heterocycles. The average Bonchev–Trinajstić information content (AvgIpc) is 3.18. The summed E-state index contributed by atoms with van der Waals surface area (Å²) in [7, 11) is -3.54. The standard InChI is InChI=1S/C32H37N3O3S/c1-22-9-11-29(12-10-22)39(37,38)34-15-13-26(14-16-34)32-25(4)35(31-8-6-5-7-30(31)32)21-28(36)20-33-27-18-23(2)17-24(3)19-27/h5-13,17-19,28,33,36H,14-16,20-21H2,1-4H3. The van der Waals surface area contributed by atoms with Gasteiger partial charge in [-0.25, -0.2) is 8.42 Å². The summed E-state index contributed by atoms with van der Waals surface area (Å²) in [4.78, 5) is 0.334. The number of aryl methyl sites for hydroxylation is 3. The molecule has 0 aliphatic carbocycles. The van der Waals surface area contributed by atoms with Gasteiger partial charge in [0.15, 0.2) is 0 Å². The van der Waals surface area contributed by atoms with Gasteiger partial charge in [-0.05, 0) is 81.1 Å². The number of aromatic nitrogens is 1. The molecule has 39 heavy (non-hydrogen) atoms. The first-order valence-electron chi connectivity index (χ1n) is 13.5. The lowest BCUT2D eigenvalue weighted by molar-refractivity contribution is 0.167. The SMILES string of the molecule is Cc1ccc(S(=O)(=O)N2CC=C(c3c(C)n(CC(O)CNc4cc(C)cc(C)c4)c4ccccc34)CC2)cc1. The molecule has 0 saturated carbocycles. The molecule has 0 radical (unpaired) electrons. The van der Waals surface area contributed by atoms with Gasteiger partial charge in [0.05, 0.1) is 17.5 Å². The van der Waals surface area contributed by atoms with Crippen molar-refractivity contribution in [1.82, 2.24) is 8.87 Å². The number of rotatable bonds is 8. The maximum atomic E-state index is 13.2. The quantitative estimate of drug-likeness (QED) is 0.293. The average molecular weight is 544 g/mol. The molecule has 0 fully saturated rings. The van der Waals surface area contributed by atoms with E-state index in [-0.39, 0.29) is 0 Å². The molecular formula is C32H37N3O3S. The van der Waals surface area contributed by atoms with Crippen molar-refractivity contribution in [3.05, 3.63) is 101 Å². The van der Waals surface area contributed by atoms with Gasteiger partial charge in [0.1, 0.15) is 0 Å². The second-order valence-corrected chi connectivity index (χ2v) is 12.6.